The summed E-state index contributed by atoms with van der Waals surface area (Å²) in [6.45, 7) is 1.52. The number of carbonyl (C=O) groups is 1. The summed E-state index contributed by atoms with van der Waals surface area (Å²) in [5.41, 5.74) is -0.0147. The molecule has 4 atom stereocenters. The predicted molar refractivity (Wildman–Crippen MR) is 108 cm³/mol. The highest BCUT2D eigenvalue weighted by molar-refractivity contribution is 5.73. The second-order valence-corrected chi connectivity index (χ2v) is 9.05. The molecular formula is C24H23F6NO2. The molecule has 1 N–H and O–H groups in total. The Morgan fingerprint density at radius 1 is 0.848 bits per heavy atom. The Labute approximate surface area is 187 Å². The first kappa shape index (κ1) is 23.6. The number of halogens is 6. The predicted octanol–water partition coefficient (Wildman–Crippen LogP) is 6.05. The summed E-state index contributed by atoms with van der Waals surface area (Å²) in [5, 5.41) is 9.32. The second-order valence-electron chi connectivity index (χ2n) is 9.05. The normalized spacial score (nSPS) is 26.2. The maximum Gasteiger partial charge on any atom is 0.416 e. The van der Waals surface area contributed by atoms with E-state index in [4.69, 9.17) is 0 Å². The van der Waals surface area contributed by atoms with Crippen molar-refractivity contribution in [1.82, 2.24) is 4.90 Å². The van der Waals surface area contributed by atoms with E-state index in [0.717, 1.165) is 29.8 Å². The molecule has 2 fully saturated rings. The van der Waals surface area contributed by atoms with Crippen molar-refractivity contribution in [2.24, 2.45) is 17.8 Å². The number of rotatable bonds is 5. The van der Waals surface area contributed by atoms with E-state index in [0.29, 0.717) is 38.0 Å². The van der Waals surface area contributed by atoms with Crippen LogP contribution in [0.1, 0.15) is 41.0 Å². The lowest BCUT2D eigenvalue weighted by Crippen LogP contribution is -2.40. The highest BCUT2D eigenvalue weighted by atomic mass is 19.4. The van der Waals surface area contributed by atoms with Gasteiger partial charge in [0.2, 0.25) is 0 Å². The smallest absolute Gasteiger partial charge is 0.416 e. The van der Waals surface area contributed by atoms with Crippen LogP contribution in [-0.2, 0) is 23.7 Å². The van der Waals surface area contributed by atoms with Gasteiger partial charge < -0.3 is 5.11 Å². The minimum atomic E-state index is -4.43. The molecule has 33 heavy (non-hydrogen) atoms. The standard InChI is InChI=1S/C24H23F6NO2/c25-23(26,27)18-5-1-14(2-6-18)11-31-12-16(9-17(13-31)20-10-21(20)22(32)33)15-3-7-19(8-4-15)24(28,29)30/h1-8,16-17,20-21H,9-13H2,(H,32,33)/t16-,17+,20-,21?/m1/s1. The van der Waals surface area contributed by atoms with E-state index in [1.165, 1.54) is 24.3 Å². The van der Waals surface area contributed by atoms with E-state index in [9.17, 15) is 36.2 Å². The molecule has 1 aliphatic carbocycles. The van der Waals surface area contributed by atoms with Gasteiger partial charge in [-0.05, 0) is 66.0 Å². The third kappa shape index (κ3) is 5.51. The Morgan fingerprint density at radius 3 is 1.88 bits per heavy atom. The first-order valence-corrected chi connectivity index (χ1v) is 10.7. The summed E-state index contributed by atoms with van der Waals surface area (Å²) >= 11 is 0. The molecule has 178 valence electrons. The summed E-state index contributed by atoms with van der Waals surface area (Å²) in [7, 11) is 0. The third-order valence-electron chi connectivity index (χ3n) is 6.72. The summed E-state index contributed by atoms with van der Waals surface area (Å²) < 4.78 is 77.3. The van der Waals surface area contributed by atoms with Crippen molar-refractivity contribution in [2.45, 2.75) is 37.7 Å². The fourth-order valence-electron chi connectivity index (χ4n) is 4.93. The average molecular weight is 471 g/mol. The Kier molecular flexibility index (Phi) is 6.20. The van der Waals surface area contributed by atoms with Crippen LogP contribution in [0, 0.1) is 17.8 Å². The zero-order chi connectivity index (χ0) is 24.0. The van der Waals surface area contributed by atoms with Crippen LogP contribution in [0.4, 0.5) is 26.3 Å². The van der Waals surface area contributed by atoms with Crippen LogP contribution in [0.25, 0.3) is 0 Å². The zero-order valence-electron chi connectivity index (χ0n) is 17.5. The van der Waals surface area contributed by atoms with Crippen LogP contribution in [0.2, 0.25) is 0 Å². The van der Waals surface area contributed by atoms with Gasteiger partial charge in [-0.15, -0.1) is 0 Å². The van der Waals surface area contributed by atoms with Crippen molar-refractivity contribution in [2.75, 3.05) is 13.1 Å². The average Bonchev–Trinajstić information content (AvgIpc) is 3.54. The van der Waals surface area contributed by atoms with E-state index in [1.54, 1.807) is 0 Å². The first-order valence-electron chi connectivity index (χ1n) is 10.7. The number of hydrogen-bond donors (Lipinski definition) is 1. The molecule has 0 aromatic heterocycles. The molecule has 4 rings (SSSR count). The van der Waals surface area contributed by atoms with E-state index in [-0.39, 0.29) is 17.8 Å². The molecule has 1 heterocycles. The molecule has 2 aromatic rings. The van der Waals surface area contributed by atoms with Crippen LogP contribution in [-0.4, -0.2) is 29.1 Å². The largest absolute Gasteiger partial charge is 0.481 e. The molecule has 2 aliphatic rings. The van der Waals surface area contributed by atoms with Crippen molar-refractivity contribution in [1.29, 1.82) is 0 Å². The van der Waals surface area contributed by atoms with Crippen molar-refractivity contribution in [3.8, 4) is 0 Å². The third-order valence-corrected chi connectivity index (χ3v) is 6.72. The molecule has 2 aromatic carbocycles. The van der Waals surface area contributed by atoms with E-state index in [1.807, 2.05) is 0 Å². The molecule has 1 unspecified atom stereocenters. The number of alkyl halides is 6. The van der Waals surface area contributed by atoms with Crippen LogP contribution < -0.4 is 0 Å². The lowest BCUT2D eigenvalue weighted by atomic mass is 9.81. The van der Waals surface area contributed by atoms with Gasteiger partial charge in [0.25, 0.3) is 0 Å². The number of carboxylic acids is 1. The number of piperidine rings is 1. The minimum Gasteiger partial charge on any atom is -0.481 e. The minimum absolute atomic E-state index is 0.00912. The Balaban J connectivity index is 1.52. The number of nitrogens with zero attached hydrogens (tertiary/aromatic N) is 1. The molecule has 0 bridgehead atoms. The molecule has 0 spiro atoms. The maximum absolute atomic E-state index is 12.9. The first-order chi connectivity index (χ1) is 15.4. The van der Waals surface area contributed by atoms with Gasteiger partial charge in [-0.3, -0.25) is 9.69 Å². The van der Waals surface area contributed by atoms with Gasteiger partial charge in [-0.1, -0.05) is 24.3 Å². The quantitative estimate of drug-likeness (QED) is 0.540. The fraction of sp³-hybridized carbons (Fsp3) is 0.458. The van der Waals surface area contributed by atoms with Crippen molar-refractivity contribution < 1.29 is 36.2 Å². The van der Waals surface area contributed by atoms with Crippen LogP contribution in [0.15, 0.2) is 48.5 Å². The number of aliphatic carboxylic acids is 1. The maximum atomic E-state index is 12.9. The topological polar surface area (TPSA) is 40.5 Å². The van der Waals surface area contributed by atoms with Gasteiger partial charge in [0.15, 0.2) is 0 Å². The van der Waals surface area contributed by atoms with E-state index >= 15 is 0 Å². The fourth-order valence-corrected chi connectivity index (χ4v) is 4.93. The molecule has 0 amide bonds. The Hall–Kier alpha value is -2.55. The summed E-state index contributed by atoms with van der Waals surface area (Å²) in [6.07, 6.45) is -7.59. The summed E-state index contributed by atoms with van der Waals surface area (Å²) in [6, 6.07) is 9.96. The number of hydrogen-bond acceptors (Lipinski definition) is 2. The van der Waals surface area contributed by atoms with Crippen molar-refractivity contribution in [3.63, 3.8) is 0 Å². The highest BCUT2D eigenvalue weighted by Crippen LogP contribution is 2.49. The number of likely N-dealkylation sites (tertiary alicyclic amines) is 1. The Morgan fingerprint density at radius 2 is 1.39 bits per heavy atom. The molecule has 1 saturated heterocycles. The highest BCUT2D eigenvalue weighted by Gasteiger charge is 2.49. The Bertz CT molecular complexity index is 984. The van der Waals surface area contributed by atoms with Crippen molar-refractivity contribution in [3.05, 3.63) is 70.8 Å². The molecule has 3 nitrogen and oxygen atoms in total. The van der Waals surface area contributed by atoms with E-state index in [2.05, 4.69) is 4.90 Å². The van der Waals surface area contributed by atoms with Crippen LogP contribution in [0.5, 0.6) is 0 Å². The van der Waals surface area contributed by atoms with Gasteiger partial charge in [-0.2, -0.15) is 26.3 Å². The molecule has 1 saturated carbocycles. The van der Waals surface area contributed by atoms with Crippen LogP contribution in [0.3, 0.4) is 0 Å². The molecule has 0 radical (unpaired) electrons. The van der Waals surface area contributed by atoms with Gasteiger partial charge in [0.05, 0.1) is 17.0 Å². The SMILES string of the molecule is O=C(O)C1C[C@@H]1[C@H]1C[C@@H](c2ccc(C(F)(F)F)cc2)CN(Cc2ccc(C(F)(F)F)cc2)C1. The van der Waals surface area contributed by atoms with E-state index < -0.39 is 35.4 Å². The van der Waals surface area contributed by atoms with Crippen LogP contribution >= 0.6 is 0 Å². The lowest BCUT2D eigenvalue weighted by Gasteiger charge is -2.38. The summed E-state index contributed by atoms with van der Waals surface area (Å²) in [4.78, 5) is 13.4. The lowest BCUT2D eigenvalue weighted by molar-refractivity contribution is -0.139. The van der Waals surface area contributed by atoms with Gasteiger partial charge >= 0.3 is 18.3 Å². The second kappa shape index (κ2) is 8.66. The van der Waals surface area contributed by atoms with Gasteiger partial charge in [0, 0.05) is 19.6 Å². The number of benzene rings is 2. The molecule has 1 aliphatic heterocycles. The monoisotopic (exact) mass is 471 g/mol. The van der Waals surface area contributed by atoms with Gasteiger partial charge in [-0.25, -0.2) is 0 Å². The summed E-state index contributed by atoms with van der Waals surface area (Å²) in [5.74, 6) is -1.27. The van der Waals surface area contributed by atoms with Crippen molar-refractivity contribution >= 4 is 5.97 Å². The molecular weight excluding hydrogens is 448 g/mol. The number of carboxylic acid groups (broad SMARTS) is 1. The van der Waals surface area contributed by atoms with Gasteiger partial charge in [0.1, 0.15) is 0 Å². The zero-order valence-corrected chi connectivity index (χ0v) is 17.5. The molecule has 9 heteroatoms.